The van der Waals surface area contributed by atoms with E-state index in [2.05, 4.69) is 51.3 Å². The third kappa shape index (κ3) is 6.66. The zero-order valence-corrected chi connectivity index (χ0v) is 15.4. The molecule has 0 aromatic carbocycles. The van der Waals surface area contributed by atoms with Gasteiger partial charge in [-0.2, -0.15) is 0 Å². The molecule has 0 bridgehead atoms. The van der Waals surface area contributed by atoms with Crippen molar-refractivity contribution in [3.05, 3.63) is 0 Å². The Labute approximate surface area is 133 Å². The Morgan fingerprint density at radius 1 is 0.905 bits per heavy atom. The molecule has 0 spiro atoms. The summed E-state index contributed by atoms with van der Waals surface area (Å²) in [6.07, 6.45) is 3.80. The van der Waals surface area contributed by atoms with Crippen LogP contribution < -0.4 is 5.73 Å². The van der Waals surface area contributed by atoms with Crippen molar-refractivity contribution < 1.29 is 0 Å². The molecule has 0 radical (unpaired) electrons. The lowest BCUT2D eigenvalue weighted by molar-refractivity contribution is 0.0599. The van der Waals surface area contributed by atoms with Gasteiger partial charge in [-0.3, -0.25) is 4.90 Å². The third-order valence-corrected chi connectivity index (χ3v) is 5.09. The predicted molar refractivity (Wildman–Crippen MR) is 93.6 cm³/mol. The molecular formula is C18H39N3. The van der Waals surface area contributed by atoms with Crippen LogP contribution in [0.3, 0.4) is 0 Å². The van der Waals surface area contributed by atoms with E-state index in [1.54, 1.807) is 0 Å². The van der Waals surface area contributed by atoms with Gasteiger partial charge in [-0.1, -0.05) is 20.8 Å². The number of hydrogen-bond donors (Lipinski definition) is 1. The van der Waals surface area contributed by atoms with Crippen molar-refractivity contribution in [3.8, 4) is 0 Å². The Hall–Kier alpha value is -0.120. The summed E-state index contributed by atoms with van der Waals surface area (Å²) < 4.78 is 0. The summed E-state index contributed by atoms with van der Waals surface area (Å²) in [6, 6.07) is 0. The zero-order chi connectivity index (χ0) is 16.1. The quantitative estimate of drug-likeness (QED) is 0.817. The van der Waals surface area contributed by atoms with Gasteiger partial charge in [0.05, 0.1) is 0 Å². The van der Waals surface area contributed by atoms with Crippen LogP contribution in [0.5, 0.6) is 0 Å². The van der Waals surface area contributed by atoms with Crippen LogP contribution in [0.1, 0.15) is 60.8 Å². The molecule has 0 aromatic rings. The molecule has 1 heterocycles. The predicted octanol–water partition coefficient (Wildman–Crippen LogP) is 3.19. The van der Waals surface area contributed by atoms with Gasteiger partial charge in [0.15, 0.2) is 0 Å². The summed E-state index contributed by atoms with van der Waals surface area (Å²) in [5.41, 5.74) is 6.50. The third-order valence-electron chi connectivity index (χ3n) is 5.09. The van der Waals surface area contributed by atoms with E-state index in [0.717, 1.165) is 12.5 Å². The van der Waals surface area contributed by atoms with Crippen molar-refractivity contribution in [2.45, 2.75) is 66.3 Å². The summed E-state index contributed by atoms with van der Waals surface area (Å²) >= 11 is 0. The van der Waals surface area contributed by atoms with Gasteiger partial charge in [0.2, 0.25) is 0 Å². The van der Waals surface area contributed by atoms with E-state index in [4.69, 9.17) is 5.73 Å². The Bertz CT molecular complexity index is 280. The maximum absolute atomic E-state index is 5.78. The summed E-state index contributed by atoms with van der Waals surface area (Å²) in [5, 5.41) is 0. The lowest BCUT2D eigenvalue weighted by Crippen LogP contribution is -2.53. The van der Waals surface area contributed by atoms with Crippen molar-refractivity contribution in [1.82, 2.24) is 9.80 Å². The molecule has 1 fully saturated rings. The second kappa shape index (κ2) is 7.94. The SMILES string of the molecule is CC(C)(C)C(CCN)CCCN1CCN(C(C)(C)C)CC1. The fourth-order valence-electron chi connectivity index (χ4n) is 3.42. The average Bonchev–Trinajstić information content (AvgIpc) is 2.36. The second-order valence-corrected chi connectivity index (χ2v) is 8.78. The van der Waals surface area contributed by atoms with Gasteiger partial charge in [0.1, 0.15) is 0 Å². The highest BCUT2D eigenvalue weighted by molar-refractivity contribution is 4.82. The molecular weight excluding hydrogens is 258 g/mol. The minimum atomic E-state index is 0.324. The average molecular weight is 298 g/mol. The summed E-state index contributed by atoms with van der Waals surface area (Å²) in [7, 11) is 0. The minimum absolute atomic E-state index is 0.324. The van der Waals surface area contributed by atoms with E-state index in [9.17, 15) is 0 Å². The topological polar surface area (TPSA) is 32.5 Å². The van der Waals surface area contributed by atoms with Crippen molar-refractivity contribution >= 4 is 0 Å². The van der Waals surface area contributed by atoms with E-state index in [1.165, 1.54) is 52.0 Å². The van der Waals surface area contributed by atoms with Gasteiger partial charge in [-0.25, -0.2) is 0 Å². The fraction of sp³-hybridized carbons (Fsp3) is 1.00. The summed E-state index contributed by atoms with van der Waals surface area (Å²) in [4.78, 5) is 5.25. The van der Waals surface area contributed by atoms with Crippen LogP contribution in [0.15, 0.2) is 0 Å². The van der Waals surface area contributed by atoms with E-state index in [-0.39, 0.29) is 0 Å². The van der Waals surface area contributed by atoms with E-state index in [1.807, 2.05) is 0 Å². The van der Waals surface area contributed by atoms with Crippen molar-refractivity contribution in [1.29, 1.82) is 0 Å². The van der Waals surface area contributed by atoms with Crippen molar-refractivity contribution in [2.75, 3.05) is 39.3 Å². The molecule has 1 aliphatic heterocycles. The largest absolute Gasteiger partial charge is 0.330 e. The Kier molecular flexibility index (Phi) is 7.15. The minimum Gasteiger partial charge on any atom is -0.330 e. The summed E-state index contributed by atoms with van der Waals surface area (Å²) in [6.45, 7) is 21.0. The zero-order valence-electron chi connectivity index (χ0n) is 15.4. The molecule has 1 aliphatic rings. The van der Waals surface area contributed by atoms with Crippen LogP contribution in [0, 0.1) is 11.3 Å². The molecule has 3 nitrogen and oxygen atoms in total. The lowest BCUT2D eigenvalue weighted by Gasteiger charge is -2.42. The molecule has 1 saturated heterocycles. The maximum atomic E-state index is 5.78. The standard InChI is InChI=1S/C18H39N3/c1-17(2,3)16(9-10-19)8-7-11-20-12-14-21(15-13-20)18(4,5)6/h16H,7-15,19H2,1-6H3. The Morgan fingerprint density at radius 2 is 1.48 bits per heavy atom. The second-order valence-electron chi connectivity index (χ2n) is 8.78. The molecule has 0 aromatic heterocycles. The molecule has 1 rings (SSSR count). The van der Waals surface area contributed by atoms with Gasteiger partial charge in [-0.05, 0) is 64.5 Å². The fourth-order valence-corrected chi connectivity index (χ4v) is 3.42. The van der Waals surface area contributed by atoms with E-state index >= 15 is 0 Å². The van der Waals surface area contributed by atoms with Crippen LogP contribution >= 0.6 is 0 Å². The highest BCUT2D eigenvalue weighted by Crippen LogP contribution is 2.32. The molecule has 3 heteroatoms. The lowest BCUT2D eigenvalue weighted by atomic mass is 9.76. The van der Waals surface area contributed by atoms with Gasteiger partial charge in [0.25, 0.3) is 0 Å². The highest BCUT2D eigenvalue weighted by Gasteiger charge is 2.26. The van der Waals surface area contributed by atoms with Crippen LogP contribution in [-0.2, 0) is 0 Å². The Balaban J connectivity index is 2.28. The first-order chi connectivity index (χ1) is 9.64. The highest BCUT2D eigenvalue weighted by atomic mass is 15.3. The van der Waals surface area contributed by atoms with Crippen LogP contribution in [-0.4, -0.2) is 54.6 Å². The normalized spacial score (nSPS) is 20.7. The number of hydrogen-bond acceptors (Lipinski definition) is 3. The van der Waals surface area contributed by atoms with E-state index < -0.39 is 0 Å². The van der Waals surface area contributed by atoms with Gasteiger partial charge in [-0.15, -0.1) is 0 Å². The molecule has 21 heavy (non-hydrogen) atoms. The molecule has 0 saturated carbocycles. The van der Waals surface area contributed by atoms with Gasteiger partial charge < -0.3 is 10.6 Å². The van der Waals surface area contributed by atoms with Crippen LogP contribution in [0.4, 0.5) is 0 Å². The molecule has 0 aliphatic carbocycles. The summed E-state index contributed by atoms with van der Waals surface area (Å²) in [5.74, 6) is 0.762. The van der Waals surface area contributed by atoms with Gasteiger partial charge >= 0.3 is 0 Å². The van der Waals surface area contributed by atoms with E-state index in [0.29, 0.717) is 11.0 Å². The number of nitrogens with zero attached hydrogens (tertiary/aromatic N) is 2. The number of piperazine rings is 1. The smallest absolute Gasteiger partial charge is 0.0126 e. The number of rotatable bonds is 6. The number of nitrogens with two attached hydrogens (primary N) is 1. The molecule has 2 N–H and O–H groups in total. The van der Waals surface area contributed by atoms with Crippen molar-refractivity contribution in [3.63, 3.8) is 0 Å². The molecule has 0 amide bonds. The maximum Gasteiger partial charge on any atom is 0.0126 e. The molecule has 1 unspecified atom stereocenters. The first-order valence-corrected chi connectivity index (χ1v) is 8.82. The Morgan fingerprint density at radius 3 is 1.90 bits per heavy atom. The molecule has 1 atom stereocenters. The molecule has 126 valence electrons. The monoisotopic (exact) mass is 297 g/mol. The first-order valence-electron chi connectivity index (χ1n) is 8.82. The van der Waals surface area contributed by atoms with Crippen LogP contribution in [0.25, 0.3) is 0 Å². The van der Waals surface area contributed by atoms with Crippen molar-refractivity contribution in [2.24, 2.45) is 17.1 Å². The van der Waals surface area contributed by atoms with Crippen LogP contribution in [0.2, 0.25) is 0 Å². The van der Waals surface area contributed by atoms with Gasteiger partial charge in [0, 0.05) is 31.7 Å². The first kappa shape index (κ1) is 18.9.